The van der Waals surface area contributed by atoms with E-state index in [1.54, 1.807) is 0 Å². The van der Waals surface area contributed by atoms with Crippen LogP contribution in [0.2, 0.25) is 0 Å². The molecule has 5 heteroatoms. The van der Waals surface area contributed by atoms with Crippen molar-refractivity contribution in [3.63, 3.8) is 0 Å². The zero-order valence-electron chi connectivity index (χ0n) is 10.6. The number of methoxy groups -OCH3 is 1. The van der Waals surface area contributed by atoms with Crippen LogP contribution in [-0.2, 0) is 23.2 Å². The lowest BCUT2D eigenvalue weighted by Gasteiger charge is -2.18. The summed E-state index contributed by atoms with van der Waals surface area (Å²) in [5.41, 5.74) is 1.99. The van der Waals surface area contributed by atoms with Gasteiger partial charge in [-0.05, 0) is 0 Å². The molecule has 2 heterocycles. The minimum Gasteiger partial charge on any atom is -0.464 e. The van der Waals surface area contributed by atoms with Crippen molar-refractivity contribution in [2.45, 2.75) is 39.3 Å². The molecule has 1 aromatic heterocycles. The van der Waals surface area contributed by atoms with E-state index in [4.69, 9.17) is 4.74 Å². The molecule has 92 valence electrons. The van der Waals surface area contributed by atoms with E-state index in [0.717, 1.165) is 11.3 Å². The third-order valence-corrected chi connectivity index (χ3v) is 2.74. The number of hydrogen-bond acceptors (Lipinski definition) is 5. The van der Waals surface area contributed by atoms with Gasteiger partial charge in [-0.3, -0.25) is 0 Å². The number of ether oxygens (including phenoxy) is 1. The topological polar surface area (TPSA) is 64.1 Å². The van der Waals surface area contributed by atoms with Gasteiger partial charge in [-0.1, -0.05) is 20.8 Å². The maximum atomic E-state index is 11.7. The van der Waals surface area contributed by atoms with E-state index in [0.29, 0.717) is 24.6 Å². The summed E-state index contributed by atoms with van der Waals surface area (Å²) in [5.74, 6) is 0.290. The fourth-order valence-corrected chi connectivity index (χ4v) is 1.77. The lowest BCUT2D eigenvalue weighted by Crippen LogP contribution is -2.21. The fraction of sp³-hybridized carbons (Fsp3) is 0.583. The Bertz CT molecular complexity index is 464. The molecule has 0 atom stereocenters. The predicted octanol–water partition coefficient (Wildman–Crippen LogP) is 1.16. The van der Waals surface area contributed by atoms with Crippen LogP contribution >= 0.6 is 0 Å². The van der Waals surface area contributed by atoms with Crippen molar-refractivity contribution in [1.29, 1.82) is 0 Å². The second kappa shape index (κ2) is 4.07. The van der Waals surface area contributed by atoms with E-state index < -0.39 is 5.97 Å². The Kier molecular flexibility index (Phi) is 2.87. The van der Waals surface area contributed by atoms with E-state index in [1.807, 2.05) is 20.8 Å². The van der Waals surface area contributed by atoms with Crippen molar-refractivity contribution >= 4 is 5.97 Å². The summed E-state index contributed by atoms with van der Waals surface area (Å²) in [6.07, 6.45) is 0. The molecule has 0 amide bonds. The number of fused-ring (bicyclic) bond motifs is 1. The molecule has 1 aliphatic heterocycles. The normalized spacial score (nSPS) is 14.6. The highest BCUT2D eigenvalue weighted by Crippen LogP contribution is 2.24. The zero-order chi connectivity index (χ0) is 12.6. The maximum Gasteiger partial charge on any atom is 0.357 e. The summed E-state index contributed by atoms with van der Waals surface area (Å²) >= 11 is 0. The number of hydrogen-bond donors (Lipinski definition) is 1. The van der Waals surface area contributed by atoms with Crippen LogP contribution in [-0.4, -0.2) is 23.0 Å². The van der Waals surface area contributed by atoms with E-state index in [2.05, 4.69) is 15.3 Å². The summed E-state index contributed by atoms with van der Waals surface area (Å²) in [6.45, 7) is 7.39. The van der Waals surface area contributed by atoms with E-state index in [1.165, 1.54) is 7.11 Å². The SMILES string of the molecule is COC(=O)c1nc(C(C)(C)C)nc2c1CNC2. The first-order valence-electron chi connectivity index (χ1n) is 5.63. The van der Waals surface area contributed by atoms with Gasteiger partial charge in [-0.2, -0.15) is 0 Å². The van der Waals surface area contributed by atoms with Crippen molar-refractivity contribution in [1.82, 2.24) is 15.3 Å². The van der Waals surface area contributed by atoms with Crippen molar-refractivity contribution in [2.75, 3.05) is 7.11 Å². The number of rotatable bonds is 1. The molecule has 0 radical (unpaired) electrons. The molecule has 0 spiro atoms. The Morgan fingerprint density at radius 1 is 1.29 bits per heavy atom. The number of esters is 1. The molecule has 5 nitrogen and oxygen atoms in total. The summed E-state index contributed by atoms with van der Waals surface area (Å²) in [4.78, 5) is 20.6. The largest absolute Gasteiger partial charge is 0.464 e. The molecular formula is C12H17N3O2. The summed E-state index contributed by atoms with van der Waals surface area (Å²) in [7, 11) is 1.37. The monoisotopic (exact) mass is 235 g/mol. The maximum absolute atomic E-state index is 11.7. The molecule has 0 saturated carbocycles. The van der Waals surface area contributed by atoms with Crippen LogP contribution in [0.4, 0.5) is 0 Å². The number of aromatic nitrogens is 2. The van der Waals surface area contributed by atoms with Crippen molar-refractivity contribution in [3.8, 4) is 0 Å². The summed E-state index contributed by atoms with van der Waals surface area (Å²) < 4.78 is 4.77. The Hall–Kier alpha value is -1.49. The van der Waals surface area contributed by atoms with Gasteiger partial charge in [0.25, 0.3) is 0 Å². The molecular weight excluding hydrogens is 218 g/mol. The van der Waals surface area contributed by atoms with Gasteiger partial charge in [0.05, 0.1) is 12.8 Å². The van der Waals surface area contributed by atoms with Gasteiger partial charge in [-0.15, -0.1) is 0 Å². The minimum atomic E-state index is -0.391. The lowest BCUT2D eigenvalue weighted by molar-refractivity contribution is 0.0591. The molecule has 0 saturated heterocycles. The van der Waals surface area contributed by atoms with Crippen LogP contribution in [0.15, 0.2) is 0 Å². The third kappa shape index (κ3) is 2.15. The molecule has 1 aliphatic rings. The first kappa shape index (κ1) is 12.0. The summed E-state index contributed by atoms with van der Waals surface area (Å²) in [5, 5.41) is 3.18. The van der Waals surface area contributed by atoms with Gasteiger partial charge in [-0.25, -0.2) is 14.8 Å². The van der Waals surface area contributed by atoms with Crippen LogP contribution in [0.5, 0.6) is 0 Å². The van der Waals surface area contributed by atoms with Crippen LogP contribution in [0.1, 0.15) is 48.3 Å². The number of nitrogens with zero attached hydrogens (tertiary/aromatic N) is 2. The first-order chi connectivity index (χ1) is 7.93. The first-order valence-corrected chi connectivity index (χ1v) is 5.63. The van der Waals surface area contributed by atoms with E-state index in [9.17, 15) is 4.79 Å². The standard InChI is InChI=1S/C12H17N3O2/c1-12(2,3)11-14-8-6-13-5-7(8)9(15-11)10(16)17-4/h13H,5-6H2,1-4H3. The second-order valence-corrected chi connectivity index (χ2v) is 5.17. The van der Waals surface area contributed by atoms with Gasteiger partial charge in [0.2, 0.25) is 0 Å². The highest BCUT2D eigenvalue weighted by atomic mass is 16.5. The smallest absolute Gasteiger partial charge is 0.357 e. The predicted molar refractivity (Wildman–Crippen MR) is 62.6 cm³/mol. The molecule has 1 aromatic rings. The van der Waals surface area contributed by atoms with Crippen molar-refractivity contribution < 1.29 is 9.53 Å². The van der Waals surface area contributed by atoms with Gasteiger partial charge >= 0.3 is 5.97 Å². The van der Waals surface area contributed by atoms with Crippen LogP contribution in [0.3, 0.4) is 0 Å². The second-order valence-electron chi connectivity index (χ2n) is 5.17. The Balaban J connectivity index is 2.58. The average molecular weight is 235 g/mol. The Morgan fingerprint density at radius 2 is 2.00 bits per heavy atom. The Labute approximate surface area is 101 Å². The highest BCUT2D eigenvalue weighted by Gasteiger charge is 2.27. The van der Waals surface area contributed by atoms with Crippen LogP contribution in [0, 0.1) is 0 Å². The fourth-order valence-electron chi connectivity index (χ4n) is 1.77. The minimum absolute atomic E-state index is 0.180. The number of carbonyl (C=O) groups excluding carboxylic acids is 1. The molecule has 0 aromatic carbocycles. The van der Waals surface area contributed by atoms with Crippen molar-refractivity contribution in [3.05, 3.63) is 22.8 Å². The molecule has 0 unspecified atom stereocenters. The van der Waals surface area contributed by atoms with E-state index >= 15 is 0 Å². The molecule has 17 heavy (non-hydrogen) atoms. The molecule has 0 aliphatic carbocycles. The van der Waals surface area contributed by atoms with Crippen LogP contribution < -0.4 is 5.32 Å². The molecule has 2 rings (SSSR count). The third-order valence-electron chi connectivity index (χ3n) is 2.74. The zero-order valence-corrected chi connectivity index (χ0v) is 10.6. The average Bonchev–Trinajstić information content (AvgIpc) is 2.73. The van der Waals surface area contributed by atoms with Gasteiger partial charge < -0.3 is 10.1 Å². The Morgan fingerprint density at radius 3 is 2.59 bits per heavy atom. The molecule has 1 N–H and O–H groups in total. The molecule has 0 bridgehead atoms. The van der Waals surface area contributed by atoms with Crippen molar-refractivity contribution in [2.24, 2.45) is 0 Å². The lowest BCUT2D eigenvalue weighted by atomic mass is 9.95. The number of nitrogens with one attached hydrogen (secondary N) is 1. The highest BCUT2D eigenvalue weighted by molar-refractivity contribution is 5.89. The summed E-state index contributed by atoms with van der Waals surface area (Å²) in [6, 6.07) is 0. The number of carbonyl (C=O) groups is 1. The van der Waals surface area contributed by atoms with Gasteiger partial charge in [0, 0.05) is 24.1 Å². The quantitative estimate of drug-likeness (QED) is 0.740. The van der Waals surface area contributed by atoms with Gasteiger partial charge in [0.15, 0.2) is 5.69 Å². The van der Waals surface area contributed by atoms with Gasteiger partial charge in [0.1, 0.15) is 5.82 Å². The van der Waals surface area contributed by atoms with E-state index in [-0.39, 0.29) is 5.41 Å². The van der Waals surface area contributed by atoms with Crippen LogP contribution in [0.25, 0.3) is 0 Å². The molecule has 0 fully saturated rings.